The van der Waals surface area contributed by atoms with Gasteiger partial charge in [-0.25, -0.2) is 9.98 Å². The molecule has 2 heterocycles. The molecule has 296 valence electrons. The van der Waals surface area contributed by atoms with Crippen LogP contribution in [0.5, 0.6) is 5.75 Å². The molecule has 1 atom stereocenters. The number of nitrogens with one attached hydrogen (secondary N) is 1. The van der Waals surface area contributed by atoms with Gasteiger partial charge in [-0.1, -0.05) is 201 Å². The largest absolute Gasteiger partial charge is 0.464 e. The first-order valence-corrected chi connectivity index (χ1v) is 21.6. The molecule has 4 nitrogen and oxygen atoms in total. The third-order valence-corrected chi connectivity index (χ3v) is 13.8. The molecule has 1 unspecified atom stereocenters. The Labute approximate surface area is 366 Å². The maximum Gasteiger partial charge on any atom is 0.159 e. The molecule has 0 saturated carbocycles. The van der Waals surface area contributed by atoms with Gasteiger partial charge in [-0.05, 0) is 84.5 Å². The molecule has 5 aliphatic rings. The van der Waals surface area contributed by atoms with Crippen LogP contribution in [-0.2, 0) is 10.8 Å². The number of amidine groups is 2. The van der Waals surface area contributed by atoms with Gasteiger partial charge < -0.3 is 10.1 Å². The molecule has 2 spiro atoms. The summed E-state index contributed by atoms with van der Waals surface area (Å²) in [4.78, 5) is 10.5. The van der Waals surface area contributed by atoms with Crippen LogP contribution in [0.25, 0.3) is 27.8 Å². The molecule has 8 aromatic carbocycles. The van der Waals surface area contributed by atoms with Gasteiger partial charge in [-0.3, -0.25) is 0 Å². The number of nitrogens with zero attached hydrogens (tertiary/aromatic N) is 2. The minimum absolute atomic E-state index is 0.419. The van der Waals surface area contributed by atoms with Crippen molar-refractivity contribution < 1.29 is 4.74 Å². The van der Waals surface area contributed by atoms with E-state index in [0.29, 0.717) is 5.84 Å². The van der Waals surface area contributed by atoms with E-state index in [4.69, 9.17) is 14.7 Å². The van der Waals surface area contributed by atoms with Gasteiger partial charge in [-0.2, -0.15) is 0 Å². The first-order chi connectivity index (χ1) is 31.2. The van der Waals surface area contributed by atoms with Crippen molar-refractivity contribution in [2.24, 2.45) is 9.98 Å². The molecular weight excluding hydrogens is 767 g/mol. The number of rotatable bonds is 3. The van der Waals surface area contributed by atoms with Crippen LogP contribution in [0, 0.1) is 0 Å². The molecule has 3 aliphatic carbocycles. The van der Waals surface area contributed by atoms with Gasteiger partial charge >= 0.3 is 0 Å². The lowest BCUT2D eigenvalue weighted by Crippen LogP contribution is -2.44. The van der Waals surface area contributed by atoms with Crippen LogP contribution in [0.1, 0.15) is 72.9 Å². The first-order valence-electron chi connectivity index (χ1n) is 21.6. The zero-order valence-corrected chi connectivity index (χ0v) is 34.3. The summed E-state index contributed by atoms with van der Waals surface area (Å²) in [7, 11) is 0. The maximum absolute atomic E-state index is 6.89. The molecular formula is C59H39N3O. The number of hydrogen-bond donors (Lipinski definition) is 1. The Bertz CT molecular complexity index is 3280. The highest BCUT2D eigenvalue weighted by atomic mass is 16.5. The standard InChI is InChI=1S/C59H39N3O/c1-37-18-16-17-35-63-54-41(37)33-34-45-44-32-31-40(57-61-55(38-19-4-2-5-20-38)60-56(62-57)39-21-6-3-7-22-39)36-52(44)59(53(45)54)50-29-14-12-27-48(50)58(49-28-13-15-30-51(49)59)46-25-10-8-23-42(46)43-24-9-11-26-47(43)58/h2-36,57H,1H2,(H,60,61,62)/b18-16-,35-17-. The summed E-state index contributed by atoms with van der Waals surface area (Å²) in [5, 5.41) is 3.77. The predicted octanol–water partition coefficient (Wildman–Crippen LogP) is 12.7. The minimum Gasteiger partial charge on any atom is -0.464 e. The van der Waals surface area contributed by atoms with Crippen molar-refractivity contribution in [3.05, 3.63) is 286 Å². The summed E-state index contributed by atoms with van der Waals surface area (Å²) in [5.74, 6) is 2.30. The fourth-order valence-corrected chi connectivity index (χ4v) is 11.4. The smallest absolute Gasteiger partial charge is 0.159 e. The number of allylic oxidation sites excluding steroid dienone is 4. The van der Waals surface area contributed by atoms with Gasteiger partial charge in [-0.15, -0.1) is 0 Å². The van der Waals surface area contributed by atoms with E-state index in [-0.39, 0.29) is 0 Å². The monoisotopic (exact) mass is 805 g/mol. The molecule has 0 bridgehead atoms. The number of benzene rings is 8. The quantitative estimate of drug-likeness (QED) is 0.193. The summed E-state index contributed by atoms with van der Waals surface area (Å²) in [6, 6.07) is 68.4. The molecule has 0 aromatic heterocycles. The molecule has 4 heteroatoms. The Morgan fingerprint density at radius 3 is 1.65 bits per heavy atom. The normalized spacial score (nSPS) is 18.3. The van der Waals surface area contributed by atoms with E-state index in [9.17, 15) is 0 Å². The van der Waals surface area contributed by atoms with E-state index >= 15 is 0 Å². The summed E-state index contributed by atoms with van der Waals surface area (Å²) in [6.45, 7) is 4.57. The fourth-order valence-electron chi connectivity index (χ4n) is 11.4. The van der Waals surface area contributed by atoms with E-state index in [1.807, 2.05) is 42.7 Å². The van der Waals surface area contributed by atoms with Crippen LogP contribution in [-0.4, -0.2) is 11.7 Å². The van der Waals surface area contributed by atoms with Gasteiger partial charge in [0.1, 0.15) is 17.8 Å². The average Bonchev–Trinajstić information content (AvgIpc) is 3.81. The minimum atomic E-state index is -0.801. The van der Waals surface area contributed by atoms with Crippen LogP contribution in [0.15, 0.2) is 229 Å². The third-order valence-electron chi connectivity index (χ3n) is 13.8. The van der Waals surface area contributed by atoms with Crippen molar-refractivity contribution in [2.75, 3.05) is 0 Å². The van der Waals surface area contributed by atoms with Crippen molar-refractivity contribution in [1.29, 1.82) is 0 Å². The molecule has 13 rings (SSSR count). The summed E-state index contributed by atoms with van der Waals surface area (Å²) in [6.07, 6.45) is 7.41. The Kier molecular flexibility index (Phi) is 7.62. The van der Waals surface area contributed by atoms with E-state index in [0.717, 1.165) is 50.5 Å². The van der Waals surface area contributed by atoms with Gasteiger partial charge in [0.2, 0.25) is 0 Å². The third kappa shape index (κ3) is 4.81. The molecule has 8 aromatic rings. The molecule has 1 N–H and O–H groups in total. The van der Waals surface area contributed by atoms with Crippen molar-refractivity contribution >= 4 is 17.2 Å². The Hall–Kier alpha value is -8.08. The highest BCUT2D eigenvalue weighted by Crippen LogP contribution is 2.69. The van der Waals surface area contributed by atoms with Gasteiger partial charge in [0.05, 0.1) is 17.1 Å². The topological polar surface area (TPSA) is 46.0 Å². The molecule has 2 aliphatic heterocycles. The van der Waals surface area contributed by atoms with E-state index in [1.165, 1.54) is 55.6 Å². The zero-order valence-electron chi connectivity index (χ0n) is 34.3. The van der Waals surface area contributed by atoms with Crippen LogP contribution in [0.3, 0.4) is 0 Å². The fraction of sp³-hybridized carbons (Fsp3) is 0.0508. The highest BCUT2D eigenvalue weighted by Gasteiger charge is 2.60. The second-order valence-electron chi connectivity index (χ2n) is 16.9. The lowest BCUT2D eigenvalue weighted by molar-refractivity contribution is 0.465. The Balaban J connectivity index is 1.13. The van der Waals surface area contributed by atoms with Gasteiger partial charge in [0, 0.05) is 22.3 Å². The van der Waals surface area contributed by atoms with E-state index in [2.05, 4.69) is 182 Å². The molecule has 0 saturated heterocycles. The lowest BCUT2D eigenvalue weighted by atomic mass is 9.52. The van der Waals surface area contributed by atoms with Gasteiger partial charge in [0.25, 0.3) is 0 Å². The van der Waals surface area contributed by atoms with E-state index < -0.39 is 17.0 Å². The number of aliphatic imine (C=N–C) groups is 2. The van der Waals surface area contributed by atoms with Crippen molar-refractivity contribution in [3.8, 4) is 28.0 Å². The number of hydrogen-bond acceptors (Lipinski definition) is 4. The van der Waals surface area contributed by atoms with E-state index in [1.54, 1.807) is 0 Å². The SMILES string of the molecule is C=C1/C=C\C=C/Oc2c1ccc1c2C2(c3cc(C4N=C(c5ccccc5)N=C(c5ccccc5)N4)ccc3-1)c1ccccc1C1(c3ccccc3-c3ccccc31)c1ccccc12. The predicted molar refractivity (Wildman–Crippen MR) is 254 cm³/mol. The molecule has 0 fully saturated rings. The average molecular weight is 806 g/mol. The van der Waals surface area contributed by atoms with Crippen molar-refractivity contribution in [1.82, 2.24) is 5.32 Å². The van der Waals surface area contributed by atoms with Crippen LogP contribution in [0.2, 0.25) is 0 Å². The number of fused-ring (bicyclic) bond motifs is 18. The Morgan fingerprint density at radius 1 is 0.476 bits per heavy atom. The summed E-state index contributed by atoms with van der Waals surface area (Å²) >= 11 is 0. The second-order valence-corrected chi connectivity index (χ2v) is 16.9. The molecule has 0 amide bonds. The second kappa shape index (κ2) is 13.5. The van der Waals surface area contributed by atoms with Crippen molar-refractivity contribution in [2.45, 2.75) is 17.0 Å². The number of ether oxygens (including phenoxy) is 1. The highest BCUT2D eigenvalue weighted by molar-refractivity contribution is 6.13. The van der Waals surface area contributed by atoms with Gasteiger partial charge in [0.15, 0.2) is 5.84 Å². The summed E-state index contributed by atoms with van der Waals surface area (Å²) < 4.78 is 6.89. The molecule has 63 heavy (non-hydrogen) atoms. The lowest BCUT2D eigenvalue weighted by Gasteiger charge is -2.49. The molecule has 0 radical (unpaired) electrons. The first kappa shape index (κ1) is 35.7. The summed E-state index contributed by atoms with van der Waals surface area (Å²) in [5.41, 5.74) is 18.3. The van der Waals surface area contributed by atoms with Crippen LogP contribution < -0.4 is 10.1 Å². The maximum atomic E-state index is 6.89. The zero-order chi connectivity index (χ0) is 41.7. The van der Waals surface area contributed by atoms with Crippen molar-refractivity contribution in [3.63, 3.8) is 0 Å². The van der Waals surface area contributed by atoms with Crippen LogP contribution in [0.4, 0.5) is 0 Å². The Morgan fingerprint density at radius 2 is 1.00 bits per heavy atom. The van der Waals surface area contributed by atoms with Crippen LogP contribution >= 0.6 is 0 Å².